The van der Waals surface area contributed by atoms with E-state index in [9.17, 15) is 0 Å². The van der Waals surface area contributed by atoms with Crippen LogP contribution in [0.2, 0.25) is 17.3 Å². The van der Waals surface area contributed by atoms with E-state index in [1.807, 2.05) is 0 Å². The van der Waals surface area contributed by atoms with Crippen molar-refractivity contribution >= 4 is 32.0 Å². The molecule has 0 aromatic carbocycles. The monoisotopic (exact) mass is 306 g/mol. The third kappa shape index (κ3) is 4.82. The number of halogens is 1. The van der Waals surface area contributed by atoms with E-state index in [-0.39, 0.29) is 7.12 Å². The summed E-state index contributed by atoms with van der Waals surface area (Å²) in [4.78, 5) is 0. The number of alkyl halides is 1. The summed E-state index contributed by atoms with van der Waals surface area (Å²) in [6, 6.07) is 0. The summed E-state index contributed by atoms with van der Waals surface area (Å²) in [6.45, 7) is 1.66. The molecule has 1 fully saturated rings. The summed E-state index contributed by atoms with van der Waals surface area (Å²) in [5, 5.41) is 0. The quantitative estimate of drug-likeness (QED) is 0.441. The van der Waals surface area contributed by atoms with Gasteiger partial charge in [0.2, 0.25) is 0 Å². The zero-order valence-corrected chi connectivity index (χ0v) is 13.4. The van der Waals surface area contributed by atoms with Crippen molar-refractivity contribution in [1.82, 2.24) is 0 Å². The van der Waals surface area contributed by atoms with Gasteiger partial charge in [0.1, 0.15) is 0 Å². The van der Waals surface area contributed by atoms with Gasteiger partial charge in [-0.2, -0.15) is 0 Å². The first-order valence-electron chi connectivity index (χ1n) is 6.05. The van der Waals surface area contributed by atoms with Crippen molar-refractivity contribution < 1.29 is 9.31 Å². The Morgan fingerprint density at radius 3 is 2.44 bits per heavy atom. The zero-order valence-electron chi connectivity index (χ0n) is 10.6. The van der Waals surface area contributed by atoms with Gasteiger partial charge in [-0.25, -0.2) is 0 Å². The topological polar surface area (TPSA) is 18.5 Å². The fourth-order valence-corrected chi connectivity index (χ4v) is 5.33. The molecule has 0 bridgehead atoms. The molecule has 1 heterocycles. The van der Waals surface area contributed by atoms with Crippen LogP contribution in [0, 0.1) is 0 Å². The Bertz CT molecular complexity index is 235. The minimum atomic E-state index is -1.86. The Morgan fingerprint density at radius 2 is 1.94 bits per heavy atom. The summed E-state index contributed by atoms with van der Waals surface area (Å²) in [5.74, 6) is 7.88. The molecule has 0 aromatic heterocycles. The van der Waals surface area contributed by atoms with E-state index >= 15 is 0 Å². The second kappa shape index (κ2) is 7.09. The Labute approximate surface area is 107 Å². The molecule has 0 aliphatic carbocycles. The van der Waals surface area contributed by atoms with Gasteiger partial charge in [0.15, 0.2) is 0 Å². The molecule has 0 atom stereocenters. The van der Waals surface area contributed by atoms with Crippen LogP contribution in [0.5, 0.6) is 0 Å². The van der Waals surface area contributed by atoms with Gasteiger partial charge in [-0.05, 0) is 0 Å². The van der Waals surface area contributed by atoms with Crippen molar-refractivity contribution in [3.8, 4) is 0 Å². The molecule has 1 aliphatic rings. The van der Waals surface area contributed by atoms with Crippen LogP contribution < -0.4 is 0 Å². The van der Waals surface area contributed by atoms with Gasteiger partial charge in [-0.3, -0.25) is 0 Å². The summed E-state index contributed by atoms with van der Waals surface area (Å²) in [7, 11) is -0.0657. The molecule has 0 amide bonds. The van der Waals surface area contributed by atoms with Crippen molar-refractivity contribution in [2.75, 3.05) is 19.1 Å². The number of hydrogen-bond acceptors (Lipinski definition) is 2. The van der Waals surface area contributed by atoms with E-state index in [1.165, 1.54) is 4.30 Å². The Hall–Kier alpha value is 0.558. The first kappa shape index (κ1) is 14.6. The summed E-state index contributed by atoms with van der Waals surface area (Å²) >= 11 is 3.85. The van der Waals surface area contributed by atoms with Crippen molar-refractivity contribution in [1.29, 1.82) is 0 Å². The molecule has 0 spiro atoms. The average molecular weight is 305 g/mol. The van der Waals surface area contributed by atoms with Gasteiger partial charge in [-0.1, -0.05) is 0 Å². The van der Waals surface area contributed by atoms with Crippen LogP contribution in [-0.4, -0.2) is 39.5 Å². The van der Waals surface area contributed by atoms with E-state index in [1.54, 1.807) is 0 Å². The molecule has 2 nitrogen and oxygen atoms in total. The summed E-state index contributed by atoms with van der Waals surface area (Å²) in [5.41, 5.74) is 0. The van der Waals surface area contributed by atoms with Crippen molar-refractivity contribution in [2.45, 2.75) is 36.5 Å². The van der Waals surface area contributed by atoms with Crippen molar-refractivity contribution in [3.05, 3.63) is 10.4 Å². The Balaban J connectivity index is 2.66. The molecule has 1 rings (SSSR count). The first-order chi connectivity index (χ1) is 7.55. The molecule has 5 heteroatoms. The molecule has 92 valence electrons. The molecule has 0 aromatic rings. The van der Waals surface area contributed by atoms with Crippen molar-refractivity contribution in [3.63, 3.8) is 0 Å². The van der Waals surface area contributed by atoms with Crippen molar-refractivity contribution in [2.24, 2.45) is 0 Å². The number of unbranched alkanes of at least 4 members (excludes halogenated alkanes) is 1. The minimum absolute atomic E-state index is 0.0657. The fourth-order valence-electron chi connectivity index (χ4n) is 1.76. The second-order valence-electron chi connectivity index (χ2n) is 5.17. The zero-order chi connectivity index (χ0) is 12.0. The van der Waals surface area contributed by atoms with E-state index in [0.717, 1.165) is 38.4 Å². The van der Waals surface area contributed by atoms with Crippen LogP contribution in [0.15, 0.2) is 10.4 Å². The second-order valence-corrected chi connectivity index (χ2v) is 16.2. The van der Waals surface area contributed by atoms with Gasteiger partial charge in [0, 0.05) is 0 Å². The van der Waals surface area contributed by atoms with Gasteiger partial charge in [0.25, 0.3) is 0 Å². The normalized spacial score (nSPS) is 19.0. The molecular formula is C11H22BClGeO2. The van der Waals surface area contributed by atoms with Crippen LogP contribution in [0.3, 0.4) is 0 Å². The standard InChI is InChI=1S/C11H22BClGeO2/c1-14(2,3)11(7-4-5-8-13)12-15-9-6-10-16-12/h7H,4-6,8-10H2,1-3H3/b11-7-. The number of allylic oxidation sites excluding steroid dienone is 1. The van der Waals surface area contributed by atoms with Gasteiger partial charge in [0.05, 0.1) is 0 Å². The predicted molar refractivity (Wildman–Crippen MR) is 73.7 cm³/mol. The molecule has 1 aliphatic heterocycles. The molecule has 0 unspecified atom stereocenters. The van der Waals surface area contributed by atoms with Crippen LogP contribution in [0.4, 0.5) is 0 Å². The van der Waals surface area contributed by atoms with E-state index in [2.05, 4.69) is 23.3 Å². The summed E-state index contributed by atoms with van der Waals surface area (Å²) < 4.78 is 12.9. The van der Waals surface area contributed by atoms with Gasteiger partial charge >= 0.3 is 107 Å². The molecular weight excluding hydrogens is 283 g/mol. The molecule has 16 heavy (non-hydrogen) atoms. The van der Waals surface area contributed by atoms with Crippen LogP contribution >= 0.6 is 11.6 Å². The molecule has 1 saturated heterocycles. The van der Waals surface area contributed by atoms with Crippen LogP contribution in [0.1, 0.15) is 19.3 Å². The number of rotatable bonds is 5. The maximum absolute atomic E-state index is 5.72. The van der Waals surface area contributed by atoms with E-state index in [4.69, 9.17) is 20.9 Å². The number of hydrogen-bond donors (Lipinski definition) is 0. The summed E-state index contributed by atoms with van der Waals surface area (Å²) in [6.07, 6.45) is 5.42. The van der Waals surface area contributed by atoms with Gasteiger partial charge in [-0.15, -0.1) is 0 Å². The Morgan fingerprint density at radius 1 is 1.31 bits per heavy atom. The molecule has 0 saturated carbocycles. The maximum atomic E-state index is 5.72. The average Bonchev–Trinajstić information content (AvgIpc) is 2.24. The van der Waals surface area contributed by atoms with E-state index in [0.29, 0.717) is 0 Å². The first-order valence-corrected chi connectivity index (χ1v) is 13.9. The predicted octanol–water partition coefficient (Wildman–Crippen LogP) is 3.27. The van der Waals surface area contributed by atoms with Crippen LogP contribution in [0.25, 0.3) is 0 Å². The van der Waals surface area contributed by atoms with Gasteiger partial charge < -0.3 is 0 Å². The van der Waals surface area contributed by atoms with E-state index < -0.39 is 13.3 Å². The molecule has 0 radical (unpaired) electrons. The third-order valence-electron chi connectivity index (χ3n) is 2.65. The third-order valence-corrected chi connectivity index (χ3v) is 7.47. The van der Waals surface area contributed by atoms with Crippen LogP contribution in [-0.2, 0) is 9.31 Å². The Kier molecular flexibility index (Phi) is 6.48. The fraction of sp³-hybridized carbons (Fsp3) is 0.818. The SMILES string of the molecule is [CH3][Ge]([CH3])([CH3])/[C](=C\CCCCl)B1OCCCO1. The molecule has 0 N–H and O–H groups in total.